The molecule has 0 fully saturated rings. The Balaban J connectivity index is 0.722. The quantitative estimate of drug-likeness (QED) is 0.0745. The lowest BCUT2D eigenvalue weighted by Gasteiger charge is -2.29. The molecule has 0 atom stereocenters. The summed E-state index contributed by atoms with van der Waals surface area (Å²) < 4.78 is 0. The minimum Gasteiger partial charge on any atom is -0.310 e. The first-order chi connectivity index (χ1) is 43.3. The van der Waals surface area contributed by atoms with Crippen LogP contribution in [0.3, 0.4) is 0 Å². The zero-order valence-corrected chi connectivity index (χ0v) is 50.6. The second kappa shape index (κ2) is 27.5. The topological polar surface area (TPSA) is 6.48 Å². The van der Waals surface area contributed by atoms with Gasteiger partial charge in [0, 0.05) is 22.7 Å². The predicted molar refractivity (Wildman–Crippen MR) is 380 cm³/mol. The summed E-state index contributed by atoms with van der Waals surface area (Å²) in [7, 11) is 0. The van der Waals surface area contributed by atoms with Crippen molar-refractivity contribution in [1.82, 2.24) is 0 Å². The van der Waals surface area contributed by atoms with Gasteiger partial charge in [-0.3, -0.25) is 0 Å². The average molecular weight is 1130 g/mol. The summed E-state index contributed by atoms with van der Waals surface area (Å²) in [6, 6.07) is 109. The van der Waals surface area contributed by atoms with Crippen LogP contribution in [0.2, 0.25) is 0 Å². The van der Waals surface area contributed by atoms with Crippen LogP contribution in [0.4, 0.5) is 34.1 Å². The van der Waals surface area contributed by atoms with Crippen molar-refractivity contribution in [3.63, 3.8) is 0 Å². The van der Waals surface area contributed by atoms with E-state index in [9.17, 15) is 0 Å². The molecule has 0 aromatic heterocycles. The Morgan fingerprint density at radius 3 is 0.773 bits per heavy atom. The van der Waals surface area contributed by atoms with Gasteiger partial charge in [0.05, 0.1) is 11.4 Å². The largest absolute Gasteiger partial charge is 0.310 e. The van der Waals surface area contributed by atoms with E-state index >= 15 is 0 Å². The standard InChI is InChI=1S/C86H72N2/c1-5-71-31-19-21-63(3)85(71)87(81-57-45-69(46-58-81)61-83(75-23-11-7-12-24-75)76-25-13-8-14-26-76)79-53-41-67(42-54-79)35-33-65-37-49-73(50-38-65)74-51-39-66(40-52-74)34-36-68-43-55-80(56-44-68)88(86-64(4)22-20-32-72(86)6-2)82-59-47-70(48-60-82)62-84(77-27-15-9-16-28-77)78-29-17-10-18-30-78/h7-62H,5-6H2,1-4H3. The molecule has 12 aromatic rings. The summed E-state index contributed by atoms with van der Waals surface area (Å²) in [5, 5.41) is 0. The molecule has 0 amide bonds. The number of rotatable bonds is 19. The Labute approximate surface area is 521 Å². The van der Waals surface area contributed by atoms with Crippen molar-refractivity contribution in [3.8, 4) is 11.1 Å². The molecule has 426 valence electrons. The summed E-state index contributed by atoms with van der Waals surface area (Å²) in [5.74, 6) is 0. The normalized spacial score (nSPS) is 11.2. The molecule has 0 aliphatic carbocycles. The number of hydrogen-bond acceptors (Lipinski definition) is 2. The second-order valence-electron chi connectivity index (χ2n) is 22.4. The fourth-order valence-corrected chi connectivity index (χ4v) is 11.8. The minimum atomic E-state index is 0.935. The smallest absolute Gasteiger partial charge is 0.0522 e. The summed E-state index contributed by atoms with van der Waals surface area (Å²) in [4.78, 5) is 4.84. The molecular formula is C86H72N2. The van der Waals surface area contributed by atoms with Gasteiger partial charge in [0.15, 0.2) is 0 Å². The highest BCUT2D eigenvalue weighted by Crippen LogP contribution is 2.42. The summed E-state index contributed by atoms with van der Waals surface area (Å²) in [6.07, 6.45) is 15.3. The van der Waals surface area contributed by atoms with E-state index in [2.05, 4.69) is 377 Å². The van der Waals surface area contributed by atoms with E-state index in [4.69, 9.17) is 0 Å². The van der Waals surface area contributed by atoms with Crippen molar-refractivity contribution in [2.24, 2.45) is 0 Å². The molecule has 0 N–H and O–H groups in total. The van der Waals surface area contributed by atoms with Crippen LogP contribution in [0.1, 0.15) is 91.7 Å². The molecule has 0 aliphatic heterocycles. The van der Waals surface area contributed by atoms with Crippen LogP contribution in [0, 0.1) is 13.8 Å². The predicted octanol–water partition coefficient (Wildman–Crippen LogP) is 23.6. The Bertz CT molecular complexity index is 4000. The highest BCUT2D eigenvalue weighted by atomic mass is 15.2. The van der Waals surface area contributed by atoms with Crippen molar-refractivity contribution < 1.29 is 0 Å². The second-order valence-corrected chi connectivity index (χ2v) is 22.4. The maximum atomic E-state index is 2.42. The van der Waals surface area contributed by atoms with Gasteiger partial charge in [-0.15, -0.1) is 0 Å². The molecule has 0 saturated heterocycles. The SMILES string of the molecule is CCc1cccc(C)c1N(c1ccc(C=Cc2ccc(-c3ccc(C=Cc4ccc(N(c5ccc(C=C(c6ccccc6)c6ccccc6)cc5)c5c(C)cccc5CC)cc4)cc3)cc2)cc1)c1ccc(C=C(c2ccccc2)c2ccccc2)cc1. The number of nitrogens with zero attached hydrogens (tertiary/aromatic N) is 2. The summed E-state index contributed by atoms with van der Waals surface area (Å²) in [5.41, 5.74) is 28.5. The van der Waals surface area contributed by atoms with Crippen LogP contribution in [-0.2, 0) is 12.8 Å². The first-order valence-electron chi connectivity index (χ1n) is 30.7. The first-order valence-corrected chi connectivity index (χ1v) is 30.7. The highest BCUT2D eigenvalue weighted by molar-refractivity contribution is 5.93. The van der Waals surface area contributed by atoms with Crippen LogP contribution in [-0.4, -0.2) is 0 Å². The van der Waals surface area contributed by atoms with Gasteiger partial charge in [-0.25, -0.2) is 0 Å². The number of anilines is 6. The Morgan fingerprint density at radius 2 is 0.511 bits per heavy atom. The Kier molecular flexibility index (Phi) is 18.0. The van der Waals surface area contributed by atoms with Gasteiger partial charge < -0.3 is 9.80 Å². The lowest BCUT2D eigenvalue weighted by Crippen LogP contribution is -2.13. The van der Waals surface area contributed by atoms with Crippen molar-refractivity contribution >= 4 is 81.7 Å². The van der Waals surface area contributed by atoms with Gasteiger partial charge in [-0.05, 0) is 188 Å². The molecule has 2 nitrogen and oxygen atoms in total. The molecule has 0 aliphatic rings. The monoisotopic (exact) mass is 1130 g/mol. The van der Waals surface area contributed by atoms with E-state index < -0.39 is 0 Å². The lowest BCUT2D eigenvalue weighted by atomic mass is 9.95. The van der Waals surface area contributed by atoms with Gasteiger partial charge in [-0.2, -0.15) is 0 Å². The van der Waals surface area contributed by atoms with Gasteiger partial charge in [0.2, 0.25) is 0 Å². The van der Waals surface area contributed by atoms with Gasteiger partial charge in [0.1, 0.15) is 0 Å². The third-order valence-corrected chi connectivity index (χ3v) is 16.5. The molecule has 0 unspecified atom stereocenters. The van der Waals surface area contributed by atoms with E-state index in [1.165, 1.54) is 78.2 Å². The van der Waals surface area contributed by atoms with Crippen LogP contribution >= 0.6 is 0 Å². The molecular weight excluding hydrogens is 1060 g/mol. The summed E-state index contributed by atoms with van der Waals surface area (Å²) in [6.45, 7) is 8.92. The van der Waals surface area contributed by atoms with Crippen LogP contribution in [0.15, 0.2) is 303 Å². The van der Waals surface area contributed by atoms with Gasteiger partial charge in [0.25, 0.3) is 0 Å². The van der Waals surface area contributed by atoms with E-state index in [0.717, 1.165) is 69.0 Å². The fraction of sp³-hybridized carbons (Fsp3) is 0.0698. The van der Waals surface area contributed by atoms with Gasteiger partial charge in [-0.1, -0.05) is 293 Å². The summed E-state index contributed by atoms with van der Waals surface area (Å²) >= 11 is 0. The fourth-order valence-electron chi connectivity index (χ4n) is 11.8. The Hall–Kier alpha value is -10.8. The van der Waals surface area contributed by atoms with Crippen LogP contribution < -0.4 is 9.80 Å². The molecule has 88 heavy (non-hydrogen) atoms. The van der Waals surface area contributed by atoms with Crippen molar-refractivity contribution in [2.75, 3.05) is 9.80 Å². The number of para-hydroxylation sites is 2. The molecule has 12 rings (SSSR count). The molecule has 0 heterocycles. The highest BCUT2D eigenvalue weighted by Gasteiger charge is 2.20. The van der Waals surface area contributed by atoms with E-state index in [0.29, 0.717) is 0 Å². The van der Waals surface area contributed by atoms with Crippen molar-refractivity contribution in [3.05, 3.63) is 381 Å². The maximum Gasteiger partial charge on any atom is 0.0522 e. The maximum absolute atomic E-state index is 2.42. The average Bonchev–Trinajstić information content (AvgIpc) is 2.48. The third kappa shape index (κ3) is 13.5. The number of hydrogen-bond donors (Lipinski definition) is 0. The molecule has 2 heteroatoms. The zero-order chi connectivity index (χ0) is 60.0. The van der Waals surface area contributed by atoms with Crippen LogP contribution in [0.5, 0.6) is 0 Å². The molecule has 0 bridgehead atoms. The number of benzene rings is 12. The molecule has 0 spiro atoms. The molecule has 0 radical (unpaired) electrons. The minimum absolute atomic E-state index is 0.935. The Morgan fingerprint density at radius 1 is 0.261 bits per heavy atom. The molecule has 12 aromatic carbocycles. The van der Waals surface area contributed by atoms with E-state index in [-0.39, 0.29) is 0 Å². The first kappa shape index (κ1) is 57.6. The van der Waals surface area contributed by atoms with E-state index in [1.807, 2.05) is 0 Å². The number of aryl methyl sites for hydroxylation is 4. The van der Waals surface area contributed by atoms with Crippen LogP contribution in [0.25, 0.3) is 58.7 Å². The molecule has 0 saturated carbocycles. The van der Waals surface area contributed by atoms with E-state index in [1.54, 1.807) is 0 Å². The zero-order valence-electron chi connectivity index (χ0n) is 50.6. The van der Waals surface area contributed by atoms with Crippen molar-refractivity contribution in [2.45, 2.75) is 40.5 Å². The third-order valence-electron chi connectivity index (χ3n) is 16.5. The lowest BCUT2D eigenvalue weighted by molar-refractivity contribution is 1.10. The van der Waals surface area contributed by atoms with Crippen molar-refractivity contribution in [1.29, 1.82) is 0 Å². The van der Waals surface area contributed by atoms with Gasteiger partial charge >= 0.3 is 0 Å².